The third-order valence-electron chi connectivity index (χ3n) is 6.94. The predicted octanol–water partition coefficient (Wildman–Crippen LogP) is 5.60. The van der Waals surface area contributed by atoms with Crippen LogP contribution in [0.1, 0.15) is 5.69 Å². The van der Waals surface area contributed by atoms with Gasteiger partial charge in [0, 0.05) is 53.6 Å². The number of anilines is 5. The Morgan fingerprint density at radius 2 is 1.65 bits per heavy atom. The van der Waals surface area contributed by atoms with E-state index in [-0.39, 0.29) is 0 Å². The van der Waals surface area contributed by atoms with Crippen molar-refractivity contribution in [3.63, 3.8) is 0 Å². The molecular formula is C30H27N9O. The van der Waals surface area contributed by atoms with Crippen LogP contribution < -0.4 is 15.5 Å². The Kier molecular flexibility index (Phi) is 6.14. The number of morpholine rings is 1. The van der Waals surface area contributed by atoms with Crippen molar-refractivity contribution in [3.05, 3.63) is 84.8 Å². The van der Waals surface area contributed by atoms with Crippen LogP contribution in [-0.2, 0) is 4.74 Å². The first-order chi connectivity index (χ1) is 19.7. The molecule has 0 unspecified atom stereocenters. The number of imidazole rings is 1. The summed E-state index contributed by atoms with van der Waals surface area (Å²) in [5.74, 6) is 1.30. The second-order valence-electron chi connectivity index (χ2n) is 9.72. The molecule has 7 rings (SSSR count). The maximum atomic E-state index is 5.51. The van der Waals surface area contributed by atoms with Crippen molar-refractivity contribution in [3.8, 4) is 11.5 Å². The zero-order valence-electron chi connectivity index (χ0n) is 21.9. The zero-order chi connectivity index (χ0) is 26.9. The molecule has 0 aliphatic carbocycles. The number of H-pyrrole nitrogens is 1. The summed E-state index contributed by atoms with van der Waals surface area (Å²) in [5, 5.41) is 16.7. The van der Waals surface area contributed by atoms with Gasteiger partial charge in [-0.15, -0.1) is 10.2 Å². The van der Waals surface area contributed by atoms with E-state index in [4.69, 9.17) is 9.72 Å². The quantitative estimate of drug-likeness (QED) is 0.254. The van der Waals surface area contributed by atoms with Gasteiger partial charge in [0.05, 0.1) is 35.5 Å². The molecule has 1 saturated heterocycles. The highest BCUT2D eigenvalue weighted by atomic mass is 16.5. The van der Waals surface area contributed by atoms with Gasteiger partial charge in [-0.3, -0.25) is 9.97 Å². The number of nitrogens with one attached hydrogen (secondary N) is 3. The molecule has 0 spiro atoms. The summed E-state index contributed by atoms with van der Waals surface area (Å²) in [4.78, 5) is 19.2. The normalized spacial score (nSPS) is 13.6. The van der Waals surface area contributed by atoms with E-state index in [0.29, 0.717) is 17.3 Å². The molecule has 10 nitrogen and oxygen atoms in total. The van der Waals surface area contributed by atoms with Crippen LogP contribution in [0.25, 0.3) is 33.5 Å². The second kappa shape index (κ2) is 10.2. The molecule has 0 radical (unpaired) electrons. The molecule has 0 amide bonds. The monoisotopic (exact) mass is 529 g/mol. The minimum Gasteiger partial charge on any atom is -0.378 e. The molecule has 2 aromatic carbocycles. The molecule has 3 N–H and O–H groups in total. The first kappa shape index (κ1) is 24.0. The number of hydrogen-bond acceptors (Lipinski definition) is 9. The Bertz CT molecular complexity index is 1810. The Morgan fingerprint density at radius 3 is 2.50 bits per heavy atom. The molecule has 1 aliphatic heterocycles. The first-order valence-electron chi connectivity index (χ1n) is 13.2. The number of aromatic amines is 1. The molecule has 5 heterocycles. The molecule has 0 saturated carbocycles. The fraction of sp³-hybridized carbons (Fsp3) is 0.167. The molecule has 1 fully saturated rings. The number of fused-ring (bicyclic) bond motifs is 2. The summed E-state index contributed by atoms with van der Waals surface area (Å²) < 4.78 is 5.51. The molecule has 6 aromatic rings. The lowest BCUT2D eigenvalue weighted by atomic mass is 10.1. The summed E-state index contributed by atoms with van der Waals surface area (Å²) >= 11 is 0. The topological polar surface area (TPSA) is 117 Å². The van der Waals surface area contributed by atoms with E-state index >= 15 is 0 Å². The van der Waals surface area contributed by atoms with Gasteiger partial charge in [-0.2, -0.15) is 0 Å². The summed E-state index contributed by atoms with van der Waals surface area (Å²) in [6, 6.07) is 22.1. The third-order valence-corrected chi connectivity index (χ3v) is 6.94. The standard InChI is InChI=1S/C30H27N9O/c1-19-16-21(8-10-31-19)33-20-2-4-26-28(17-20)36-30(35-26)27-6-7-29(38-37-27)34-25-9-11-32-24-5-3-22(18-23(24)25)39-12-14-40-15-13-39/h2-11,16-18H,12-15H2,1H3,(H,31,33)(H,35,36)(H,32,34,38). The predicted molar refractivity (Wildman–Crippen MR) is 157 cm³/mol. The van der Waals surface area contributed by atoms with Crippen LogP contribution in [0.15, 0.2) is 79.1 Å². The molecule has 4 aromatic heterocycles. The van der Waals surface area contributed by atoms with E-state index in [9.17, 15) is 0 Å². The highest BCUT2D eigenvalue weighted by Crippen LogP contribution is 2.29. The van der Waals surface area contributed by atoms with Gasteiger partial charge in [0.15, 0.2) is 11.6 Å². The largest absolute Gasteiger partial charge is 0.378 e. The lowest BCUT2D eigenvalue weighted by molar-refractivity contribution is 0.122. The molecule has 40 heavy (non-hydrogen) atoms. The number of pyridine rings is 2. The third kappa shape index (κ3) is 4.87. The zero-order valence-corrected chi connectivity index (χ0v) is 21.9. The molecule has 0 bridgehead atoms. The van der Waals surface area contributed by atoms with Gasteiger partial charge in [0.1, 0.15) is 5.69 Å². The smallest absolute Gasteiger partial charge is 0.159 e. The Labute approximate surface area is 230 Å². The van der Waals surface area contributed by atoms with E-state index in [0.717, 1.165) is 76.7 Å². The fourth-order valence-corrected chi connectivity index (χ4v) is 4.92. The van der Waals surface area contributed by atoms with Gasteiger partial charge in [-0.25, -0.2) is 4.98 Å². The van der Waals surface area contributed by atoms with E-state index in [1.165, 1.54) is 0 Å². The number of hydrogen-bond donors (Lipinski definition) is 3. The van der Waals surface area contributed by atoms with Crippen molar-refractivity contribution in [2.24, 2.45) is 0 Å². The van der Waals surface area contributed by atoms with Crippen LogP contribution in [-0.4, -0.2) is 56.4 Å². The number of aryl methyl sites for hydroxylation is 1. The van der Waals surface area contributed by atoms with Gasteiger partial charge in [-0.1, -0.05) is 0 Å². The van der Waals surface area contributed by atoms with E-state index < -0.39 is 0 Å². The molecule has 198 valence electrons. The van der Waals surface area contributed by atoms with Gasteiger partial charge in [0.2, 0.25) is 0 Å². The molecule has 0 atom stereocenters. The number of ether oxygens (including phenoxy) is 1. The van der Waals surface area contributed by atoms with Gasteiger partial charge < -0.3 is 25.3 Å². The van der Waals surface area contributed by atoms with Crippen LogP contribution >= 0.6 is 0 Å². The number of benzene rings is 2. The van der Waals surface area contributed by atoms with Crippen LogP contribution in [0, 0.1) is 6.92 Å². The SMILES string of the molecule is Cc1cc(Nc2ccc3nc(-c4ccc(Nc5ccnc6ccc(N7CCOCC7)cc56)nn4)[nH]c3c2)ccn1. The molecule has 10 heteroatoms. The van der Waals surface area contributed by atoms with Gasteiger partial charge in [-0.05, 0) is 73.7 Å². The van der Waals surface area contributed by atoms with Crippen LogP contribution in [0.3, 0.4) is 0 Å². The maximum Gasteiger partial charge on any atom is 0.159 e. The summed E-state index contributed by atoms with van der Waals surface area (Å²) in [6.45, 7) is 5.22. The molecule has 1 aliphatic rings. The van der Waals surface area contributed by atoms with Gasteiger partial charge in [0.25, 0.3) is 0 Å². The van der Waals surface area contributed by atoms with Crippen molar-refractivity contribution < 1.29 is 4.74 Å². The van der Waals surface area contributed by atoms with E-state index in [2.05, 4.69) is 58.9 Å². The van der Waals surface area contributed by atoms with E-state index in [1.54, 1.807) is 12.4 Å². The maximum absolute atomic E-state index is 5.51. The highest BCUT2D eigenvalue weighted by Gasteiger charge is 2.14. The van der Waals surface area contributed by atoms with Crippen molar-refractivity contribution >= 4 is 50.5 Å². The Morgan fingerprint density at radius 1 is 0.800 bits per heavy atom. The summed E-state index contributed by atoms with van der Waals surface area (Å²) in [7, 11) is 0. The number of rotatable bonds is 6. The summed E-state index contributed by atoms with van der Waals surface area (Å²) in [5.41, 5.74) is 8.34. The Balaban J connectivity index is 1.11. The average Bonchev–Trinajstić information content (AvgIpc) is 3.42. The van der Waals surface area contributed by atoms with Crippen molar-refractivity contribution in [2.45, 2.75) is 6.92 Å². The minimum absolute atomic E-state index is 0.642. The number of nitrogens with zero attached hydrogens (tertiary/aromatic N) is 6. The minimum atomic E-state index is 0.642. The van der Waals surface area contributed by atoms with Crippen molar-refractivity contribution in [2.75, 3.05) is 41.8 Å². The van der Waals surface area contributed by atoms with Crippen LogP contribution in [0.5, 0.6) is 0 Å². The Hall–Kier alpha value is -5.09. The highest BCUT2D eigenvalue weighted by molar-refractivity contribution is 5.95. The van der Waals surface area contributed by atoms with Crippen LogP contribution in [0.2, 0.25) is 0 Å². The van der Waals surface area contributed by atoms with Crippen molar-refractivity contribution in [1.29, 1.82) is 0 Å². The lowest BCUT2D eigenvalue weighted by Gasteiger charge is -2.29. The van der Waals surface area contributed by atoms with Gasteiger partial charge >= 0.3 is 0 Å². The first-order valence-corrected chi connectivity index (χ1v) is 13.2. The average molecular weight is 530 g/mol. The molecular weight excluding hydrogens is 502 g/mol. The lowest BCUT2D eigenvalue weighted by Crippen LogP contribution is -2.36. The summed E-state index contributed by atoms with van der Waals surface area (Å²) in [6.07, 6.45) is 3.59. The fourth-order valence-electron chi connectivity index (χ4n) is 4.92. The van der Waals surface area contributed by atoms with Crippen molar-refractivity contribution in [1.82, 2.24) is 30.1 Å². The number of aromatic nitrogens is 6. The van der Waals surface area contributed by atoms with Crippen LogP contribution in [0.4, 0.5) is 28.6 Å². The van der Waals surface area contributed by atoms with E-state index in [1.807, 2.05) is 55.5 Å². The second-order valence-corrected chi connectivity index (χ2v) is 9.72.